The summed E-state index contributed by atoms with van der Waals surface area (Å²) < 4.78 is 41.1. The molecule has 0 fully saturated rings. The Kier molecular flexibility index (Phi) is 4.46. The Morgan fingerprint density at radius 2 is 1.95 bits per heavy atom. The van der Waals surface area contributed by atoms with E-state index in [9.17, 15) is 18.3 Å². The lowest BCUT2D eigenvalue weighted by molar-refractivity contribution is -0.138. The molecule has 0 amide bonds. The molecular formula is C12H10F3NO2S2. The van der Waals surface area contributed by atoms with Crippen LogP contribution in [0.25, 0.3) is 0 Å². The molecule has 0 atom stereocenters. The van der Waals surface area contributed by atoms with Gasteiger partial charge in [-0.3, -0.25) is 0 Å². The molecule has 108 valence electrons. The molecule has 1 aromatic heterocycles. The van der Waals surface area contributed by atoms with Crippen LogP contribution in [0.1, 0.15) is 10.4 Å². The third kappa shape index (κ3) is 3.59. The number of nitrogens with one attached hydrogen (secondary N) is 1. The first kappa shape index (κ1) is 15.0. The second-order valence-electron chi connectivity index (χ2n) is 3.81. The minimum absolute atomic E-state index is 0.0493. The zero-order valence-electron chi connectivity index (χ0n) is 9.94. The maximum atomic E-state index is 12.5. The number of rotatable bonds is 4. The third-order valence-corrected chi connectivity index (χ3v) is 4.41. The number of hydrogen-bond acceptors (Lipinski definition) is 5. The zero-order valence-corrected chi connectivity index (χ0v) is 11.6. The zero-order chi connectivity index (χ0) is 14.8. The molecule has 0 bridgehead atoms. The van der Waals surface area contributed by atoms with E-state index in [1.54, 1.807) is 12.1 Å². The summed E-state index contributed by atoms with van der Waals surface area (Å²) in [5, 5.41) is 18.3. The first-order valence-corrected chi connectivity index (χ1v) is 7.06. The molecule has 0 aliphatic rings. The van der Waals surface area contributed by atoms with Gasteiger partial charge >= 0.3 is 6.18 Å². The highest BCUT2D eigenvalue weighted by Crippen LogP contribution is 2.37. The van der Waals surface area contributed by atoms with Crippen LogP contribution in [0, 0.1) is 0 Å². The summed E-state index contributed by atoms with van der Waals surface area (Å²) in [6.45, 7) is -0.0493. The van der Waals surface area contributed by atoms with Gasteiger partial charge in [0.2, 0.25) is 0 Å². The van der Waals surface area contributed by atoms with Gasteiger partial charge in [0, 0.05) is 16.6 Å². The molecule has 0 saturated heterocycles. The number of phenolic OH excluding ortho intramolecular Hbond substituents is 1. The molecule has 2 rings (SSSR count). The van der Waals surface area contributed by atoms with Crippen molar-refractivity contribution in [3.05, 3.63) is 40.8 Å². The molecule has 0 saturated carbocycles. The highest BCUT2D eigenvalue weighted by molar-refractivity contribution is 8.02. The van der Waals surface area contributed by atoms with Crippen molar-refractivity contribution in [1.29, 1.82) is 0 Å². The van der Waals surface area contributed by atoms with Crippen molar-refractivity contribution >= 4 is 29.0 Å². The second kappa shape index (κ2) is 5.94. The normalized spacial score (nSPS) is 11.6. The smallest absolute Gasteiger partial charge is 0.419 e. The number of aromatic hydroxyl groups is 1. The minimum Gasteiger partial charge on any atom is -0.507 e. The Hall–Kier alpha value is -1.38. The average Bonchev–Trinajstić information content (AvgIpc) is 2.83. The van der Waals surface area contributed by atoms with E-state index in [4.69, 9.17) is 5.11 Å². The fourth-order valence-electron chi connectivity index (χ4n) is 1.44. The molecular weight excluding hydrogens is 311 g/mol. The van der Waals surface area contributed by atoms with Crippen molar-refractivity contribution in [3.63, 3.8) is 0 Å². The van der Waals surface area contributed by atoms with Gasteiger partial charge in [-0.2, -0.15) is 13.2 Å². The third-order valence-electron chi connectivity index (χ3n) is 2.37. The number of anilines is 1. The quantitative estimate of drug-likeness (QED) is 0.743. The molecule has 1 aromatic carbocycles. The fourth-order valence-corrected chi connectivity index (χ4v) is 3.13. The van der Waals surface area contributed by atoms with Gasteiger partial charge in [0.1, 0.15) is 5.75 Å². The highest BCUT2D eigenvalue weighted by atomic mass is 32.2. The largest absolute Gasteiger partial charge is 0.507 e. The lowest BCUT2D eigenvalue weighted by Crippen LogP contribution is -2.05. The van der Waals surface area contributed by atoms with Crippen molar-refractivity contribution in [2.24, 2.45) is 0 Å². The predicted octanol–water partition coefficient (Wildman–Crippen LogP) is 4.08. The molecule has 3 N–H and O–H groups in total. The first-order chi connectivity index (χ1) is 9.40. The standard InChI is InChI=1S/C12H10F3NO2S2/c13-12(14,15)9-3-1-7(5-10(9)18)16-20-11-4-2-8(6-17)19-11/h1-5,16-18H,6H2. The lowest BCUT2D eigenvalue weighted by Gasteiger charge is -2.10. The van der Waals surface area contributed by atoms with E-state index in [1.165, 1.54) is 29.4 Å². The molecule has 2 aromatic rings. The SMILES string of the molecule is OCc1ccc(SNc2ccc(C(F)(F)F)c(O)c2)s1. The van der Waals surface area contributed by atoms with Crippen LogP contribution in [0.5, 0.6) is 5.75 Å². The number of alkyl halides is 3. The summed E-state index contributed by atoms with van der Waals surface area (Å²) in [6.07, 6.45) is -4.57. The molecule has 0 aliphatic heterocycles. The number of thiophene rings is 1. The number of halogens is 3. The van der Waals surface area contributed by atoms with Gasteiger partial charge in [0.25, 0.3) is 0 Å². The fraction of sp³-hybridized carbons (Fsp3) is 0.167. The number of aliphatic hydroxyl groups excluding tert-OH is 1. The number of hydrogen-bond donors (Lipinski definition) is 3. The van der Waals surface area contributed by atoms with Gasteiger partial charge in [-0.1, -0.05) is 0 Å². The van der Waals surface area contributed by atoms with E-state index in [0.717, 1.165) is 21.2 Å². The molecule has 0 radical (unpaired) electrons. The van der Waals surface area contributed by atoms with E-state index in [2.05, 4.69) is 4.72 Å². The molecule has 0 spiro atoms. The van der Waals surface area contributed by atoms with Crippen LogP contribution in [-0.2, 0) is 12.8 Å². The van der Waals surface area contributed by atoms with Crippen LogP contribution in [0.15, 0.2) is 34.5 Å². The van der Waals surface area contributed by atoms with E-state index >= 15 is 0 Å². The lowest BCUT2D eigenvalue weighted by atomic mass is 10.2. The summed E-state index contributed by atoms with van der Waals surface area (Å²) in [4.78, 5) is 0.796. The molecule has 0 unspecified atom stereocenters. The first-order valence-electron chi connectivity index (χ1n) is 5.43. The Balaban J connectivity index is 2.05. The minimum atomic E-state index is -4.57. The molecule has 1 heterocycles. The second-order valence-corrected chi connectivity index (χ2v) is 6.09. The van der Waals surface area contributed by atoms with Gasteiger partial charge < -0.3 is 14.9 Å². The van der Waals surface area contributed by atoms with Crippen molar-refractivity contribution < 1.29 is 23.4 Å². The maximum absolute atomic E-state index is 12.5. The Morgan fingerprint density at radius 3 is 2.50 bits per heavy atom. The van der Waals surface area contributed by atoms with Gasteiger partial charge in [-0.25, -0.2) is 0 Å². The maximum Gasteiger partial charge on any atom is 0.419 e. The van der Waals surface area contributed by atoms with Crippen molar-refractivity contribution in [2.75, 3.05) is 4.72 Å². The monoisotopic (exact) mass is 321 g/mol. The van der Waals surface area contributed by atoms with E-state index in [-0.39, 0.29) is 6.61 Å². The summed E-state index contributed by atoms with van der Waals surface area (Å²) in [5.74, 6) is -0.815. The van der Waals surface area contributed by atoms with Crippen molar-refractivity contribution in [1.82, 2.24) is 0 Å². The summed E-state index contributed by atoms with van der Waals surface area (Å²) in [6, 6.07) is 6.65. The number of aliphatic hydroxyl groups is 1. The molecule has 0 aliphatic carbocycles. The van der Waals surface area contributed by atoms with E-state index < -0.39 is 17.5 Å². The molecule has 20 heavy (non-hydrogen) atoms. The van der Waals surface area contributed by atoms with Crippen LogP contribution in [0.2, 0.25) is 0 Å². The molecule has 3 nitrogen and oxygen atoms in total. The van der Waals surface area contributed by atoms with Gasteiger partial charge in [0.05, 0.1) is 16.4 Å². The highest BCUT2D eigenvalue weighted by Gasteiger charge is 2.33. The van der Waals surface area contributed by atoms with Crippen LogP contribution in [0.3, 0.4) is 0 Å². The Bertz CT molecular complexity index is 599. The van der Waals surface area contributed by atoms with Crippen LogP contribution in [0.4, 0.5) is 18.9 Å². The summed E-state index contributed by atoms with van der Waals surface area (Å²) >= 11 is 2.57. The van der Waals surface area contributed by atoms with Gasteiger partial charge in [-0.05, 0) is 36.2 Å². The average molecular weight is 321 g/mol. The topological polar surface area (TPSA) is 52.5 Å². The molecule has 8 heteroatoms. The van der Waals surface area contributed by atoms with Crippen molar-refractivity contribution in [3.8, 4) is 5.75 Å². The van der Waals surface area contributed by atoms with E-state index in [0.29, 0.717) is 5.69 Å². The summed E-state index contributed by atoms with van der Waals surface area (Å²) in [7, 11) is 0. The van der Waals surface area contributed by atoms with Gasteiger partial charge in [-0.15, -0.1) is 11.3 Å². The van der Waals surface area contributed by atoms with Crippen LogP contribution < -0.4 is 4.72 Å². The Labute approximate surface area is 121 Å². The van der Waals surface area contributed by atoms with Gasteiger partial charge in [0.15, 0.2) is 0 Å². The Morgan fingerprint density at radius 1 is 1.20 bits per heavy atom. The van der Waals surface area contributed by atoms with Crippen LogP contribution >= 0.6 is 23.3 Å². The van der Waals surface area contributed by atoms with Crippen LogP contribution in [-0.4, -0.2) is 10.2 Å². The predicted molar refractivity (Wildman–Crippen MR) is 72.8 cm³/mol. The number of benzene rings is 1. The summed E-state index contributed by atoms with van der Waals surface area (Å²) in [5.41, 5.74) is -0.703. The number of phenols is 1. The van der Waals surface area contributed by atoms with Crippen molar-refractivity contribution in [2.45, 2.75) is 17.0 Å². The van der Waals surface area contributed by atoms with E-state index in [1.807, 2.05) is 0 Å².